The summed E-state index contributed by atoms with van der Waals surface area (Å²) in [6, 6.07) is 8.02. The number of nitrogens with one attached hydrogen (secondary N) is 1. The van der Waals surface area contributed by atoms with E-state index in [1.165, 1.54) is 0 Å². The number of hydrogen-bond donors (Lipinski definition) is 1. The highest BCUT2D eigenvalue weighted by Crippen LogP contribution is 2.19. The van der Waals surface area contributed by atoms with Crippen LogP contribution in [0.1, 0.15) is 18.9 Å². The molecule has 0 fully saturated rings. The molecule has 0 aromatic heterocycles. The molecule has 0 aliphatic rings. The lowest BCUT2D eigenvalue weighted by molar-refractivity contribution is 0.362. The van der Waals surface area contributed by atoms with Gasteiger partial charge in [0.25, 0.3) is 0 Å². The molecular weight excluding hydrogens is 210 g/mol. The Hall–Kier alpha value is -1.54. The number of rotatable bonds is 8. The lowest BCUT2D eigenvalue weighted by Crippen LogP contribution is -2.13. The highest BCUT2D eigenvalue weighted by molar-refractivity contribution is 5.57. The first-order valence-corrected chi connectivity index (χ1v) is 6.08. The summed E-state index contributed by atoms with van der Waals surface area (Å²) in [6.45, 7) is 8.30. The zero-order valence-electron chi connectivity index (χ0n) is 10.5. The van der Waals surface area contributed by atoms with Crippen LogP contribution in [0.2, 0.25) is 0 Å². The number of ether oxygens (including phenoxy) is 1. The van der Waals surface area contributed by atoms with Crippen LogP contribution in [0, 0.1) is 0 Å². The average Bonchev–Trinajstić information content (AvgIpc) is 2.37. The van der Waals surface area contributed by atoms with Crippen molar-refractivity contribution in [1.29, 1.82) is 0 Å². The van der Waals surface area contributed by atoms with E-state index in [0.717, 1.165) is 30.8 Å². The van der Waals surface area contributed by atoms with Gasteiger partial charge in [0.05, 0.1) is 0 Å². The molecule has 2 heteroatoms. The summed E-state index contributed by atoms with van der Waals surface area (Å²) in [5, 5.41) is 3.32. The Morgan fingerprint density at radius 1 is 1.35 bits per heavy atom. The van der Waals surface area contributed by atoms with Crippen molar-refractivity contribution in [3.8, 4) is 5.75 Å². The van der Waals surface area contributed by atoms with E-state index in [4.69, 9.17) is 4.74 Å². The van der Waals surface area contributed by atoms with Crippen LogP contribution >= 0.6 is 0 Å². The van der Waals surface area contributed by atoms with Crippen LogP contribution in [0.4, 0.5) is 0 Å². The minimum Gasteiger partial charge on any atom is -0.489 e. The molecule has 1 N–H and O–H groups in total. The van der Waals surface area contributed by atoms with E-state index < -0.39 is 0 Å². The number of benzene rings is 1. The maximum absolute atomic E-state index is 5.57. The fourth-order valence-corrected chi connectivity index (χ4v) is 1.45. The van der Waals surface area contributed by atoms with Gasteiger partial charge in [0, 0.05) is 12.1 Å². The minimum absolute atomic E-state index is 0.541. The molecule has 0 spiro atoms. The van der Waals surface area contributed by atoms with Crippen LogP contribution in [0.25, 0.3) is 6.08 Å². The van der Waals surface area contributed by atoms with Gasteiger partial charge in [0.15, 0.2) is 0 Å². The molecule has 0 unspecified atom stereocenters. The SMILES string of the molecule is C=CCOc1ccccc1C=CCNCCC. The predicted octanol–water partition coefficient (Wildman–Crippen LogP) is 3.26. The third-order valence-corrected chi connectivity index (χ3v) is 2.26. The molecule has 0 aliphatic heterocycles. The molecule has 1 rings (SSSR count). The van der Waals surface area contributed by atoms with Crippen LogP contribution in [0.5, 0.6) is 5.75 Å². The maximum atomic E-state index is 5.57. The van der Waals surface area contributed by atoms with E-state index >= 15 is 0 Å². The zero-order chi connectivity index (χ0) is 12.3. The van der Waals surface area contributed by atoms with Crippen molar-refractivity contribution in [2.24, 2.45) is 0 Å². The zero-order valence-corrected chi connectivity index (χ0v) is 10.5. The molecule has 17 heavy (non-hydrogen) atoms. The molecular formula is C15H21NO. The second-order valence-corrected chi connectivity index (χ2v) is 3.74. The number of para-hydroxylation sites is 1. The van der Waals surface area contributed by atoms with E-state index in [9.17, 15) is 0 Å². The van der Waals surface area contributed by atoms with Crippen molar-refractivity contribution in [3.63, 3.8) is 0 Å². The third kappa shape index (κ3) is 5.36. The first kappa shape index (κ1) is 13.5. The summed E-state index contributed by atoms with van der Waals surface area (Å²) in [6.07, 6.45) is 7.11. The summed E-state index contributed by atoms with van der Waals surface area (Å²) < 4.78 is 5.57. The quantitative estimate of drug-likeness (QED) is 0.547. The standard InChI is InChI=1S/C15H21NO/c1-3-11-16-12-7-9-14-8-5-6-10-15(14)17-13-4-2/h4-10,16H,2-3,11-13H2,1H3. The largest absolute Gasteiger partial charge is 0.489 e. The van der Waals surface area contributed by atoms with Crippen LogP contribution in [-0.2, 0) is 0 Å². The van der Waals surface area contributed by atoms with Crippen molar-refractivity contribution in [1.82, 2.24) is 5.32 Å². The highest BCUT2D eigenvalue weighted by atomic mass is 16.5. The first-order valence-electron chi connectivity index (χ1n) is 6.08. The molecule has 0 atom stereocenters. The summed E-state index contributed by atoms with van der Waals surface area (Å²) in [5.74, 6) is 0.902. The van der Waals surface area contributed by atoms with Crippen molar-refractivity contribution < 1.29 is 4.74 Å². The highest BCUT2D eigenvalue weighted by Gasteiger charge is 1.97. The van der Waals surface area contributed by atoms with Crippen LogP contribution in [-0.4, -0.2) is 19.7 Å². The summed E-state index contributed by atoms with van der Waals surface area (Å²) in [5.41, 5.74) is 1.10. The van der Waals surface area contributed by atoms with Crippen LogP contribution in [0.15, 0.2) is 43.0 Å². The maximum Gasteiger partial charge on any atom is 0.126 e. The minimum atomic E-state index is 0.541. The molecule has 0 bridgehead atoms. The van der Waals surface area contributed by atoms with Gasteiger partial charge in [-0.3, -0.25) is 0 Å². The third-order valence-electron chi connectivity index (χ3n) is 2.26. The summed E-state index contributed by atoms with van der Waals surface area (Å²) >= 11 is 0. The summed E-state index contributed by atoms with van der Waals surface area (Å²) in [7, 11) is 0. The molecule has 0 saturated heterocycles. The smallest absolute Gasteiger partial charge is 0.126 e. The molecule has 1 aromatic rings. The monoisotopic (exact) mass is 231 g/mol. The van der Waals surface area contributed by atoms with Crippen molar-refractivity contribution in [2.45, 2.75) is 13.3 Å². The molecule has 0 heterocycles. The van der Waals surface area contributed by atoms with Crippen LogP contribution < -0.4 is 10.1 Å². The van der Waals surface area contributed by atoms with Crippen molar-refractivity contribution in [3.05, 3.63) is 48.6 Å². The predicted molar refractivity (Wildman–Crippen MR) is 74.3 cm³/mol. The Morgan fingerprint density at radius 3 is 2.94 bits per heavy atom. The van der Waals surface area contributed by atoms with E-state index in [1.807, 2.05) is 18.2 Å². The Balaban J connectivity index is 2.53. The van der Waals surface area contributed by atoms with Crippen LogP contribution in [0.3, 0.4) is 0 Å². The van der Waals surface area contributed by atoms with Gasteiger partial charge in [-0.2, -0.15) is 0 Å². The van der Waals surface area contributed by atoms with Gasteiger partial charge in [-0.15, -0.1) is 0 Å². The molecule has 0 aliphatic carbocycles. The molecule has 0 saturated carbocycles. The second kappa shape index (κ2) is 8.59. The normalized spacial score (nSPS) is 10.6. The fraction of sp³-hybridized carbons (Fsp3) is 0.333. The van der Waals surface area contributed by atoms with Gasteiger partial charge >= 0.3 is 0 Å². The molecule has 0 amide bonds. The molecule has 92 valence electrons. The number of hydrogen-bond acceptors (Lipinski definition) is 2. The van der Waals surface area contributed by atoms with Gasteiger partial charge in [-0.1, -0.05) is 49.9 Å². The summed E-state index contributed by atoms with van der Waals surface area (Å²) in [4.78, 5) is 0. The molecule has 2 nitrogen and oxygen atoms in total. The van der Waals surface area contributed by atoms with E-state index in [0.29, 0.717) is 6.61 Å². The van der Waals surface area contributed by atoms with E-state index in [1.54, 1.807) is 6.08 Å². The van der Waals surface area contributed by atoms with Crippen molar-refractivity contribution in [2.75, 3.05) is 19.7 Å². The average molecular weight is 231 g/mol. The van der Waals surface area contributed by atoms with Gasteiger partial charge in [-0.05, 0) is 19.0 Å². The van der Waals surface area contributed by atoms with Gasteiger partial charge in [-0.25, -0.2) is 0 Å². The Bertz CT molecular complexity index is 358. The van der Waals surface area contributed by atoms with Crippen molar-refractivity contribution >= 4 is 6.08 Å². The van der Waals surface area contributed by atoms with E-state index in [2.05, 4.69) is 37.0 Å². The Labute approximate surface area is 104 Å². The van der Waals surface area contributed by atoms with E-state index in [-0.39, 0.29) is 0 Å². The first-order chi connectivity index (χ1) is 8.38. The van der Waals surface area contributed by atoms with Gasteiger partial charge in [0.2, 0.25) is 0 Å². The lowest BCUT2D eigenvalue weighted by atomic mass is 10.2. The fourth-order valence-electron chi connectivity index (χ4n) is 1.45. The van der Waals surface area contributed by atoms with Gasteiger partial charge < -0.3 is 10.1 Å². The topological polar surface area (TPSA) is 21.3 Å². The second-order valence-electron chi connectivity index (χ2n) is 3.74. The molecule has 0 radical (unpaired) electrons. The Morgan fingerprint density at radius 2 is 2.18 bits per heavy atom. The Kier molecular flexibility index (Phi) is 6.84. The lowest BCUT2D eigenvalue weighted by Gasteiger charge is -2.06. The molecule has 1 aromatic carbocycles. The van der Waals surface area contributed by atoms with Gasteiger partial charge in [0.1, 0.15) is 12.4 Å².